The van der Waals surface area contributed by atoms with Gasteiger partial charge in [-0.3, -0.25) is 4.79 Å². The number of nitrogens with one attached hydrogen (secondary N) is 2. The van der Waals surface area contributed by atoms with Crippen molar-refractivity contribution in [3.63, 3.8) is 0 Å². The number of hydrogen-bond donors (Lipinski definition) is 2. The summed E-state index contributed by atoms with van der Waals surface area (Å²) in [6.07, 6.45) is 5.81. The van der Waals surface area contributed by atoms with Crippen molar-refractivity contribution in [2.45, 2.75) is 24.2 Å². The number of benzene rings is 1. The normalized spacial score (nSPS) is 14.8. The molecule has 0 unspecified atom stereocenters. The molecule has 1 aromatic carbocycles. The molecule has 1 heterocycles. The average molecular weight is 332 g/mol. The molecular weight excluding hydrogens is 316 g/mol. The molecule has 23 heavy (non-hydrogen) atoms. The summed E-state index contributed by atoms with van der Waals surface area (Å²) in [7, 11) is -3.76. The Hall–Kier alpha value is -2.48. The van der Waals surface area contributed by atoms with Gasteiger partial charge in [-0.2, -0.15) is 0 Å². The Balaban J connectivity index is 1.69. The molecular formula is C15H16N4O3S. The largest absolute Gasteiger partial charge is 0.326 e. The van der Waals surface area contributed by atoms with Crippen molar-refractivity contribution in [3.8, 4) is 0 Å². The van der Waals surface area contributed by atoms with Crippen molar-refractivity contribution < 1.29 is 13.2 Å². The number of aromatic nitrogens is 2. The van der Waals surface area contributed by atoms with E-state index in [1.54, 1.807) is 18.2 Å². The SMILES string of the molecule is O=C(Nc1ccc(S(=O)(=O)Nc2ncccn2)cc1)C1CCC1. The Morgan fingerprint density at radius 3 is 2.30 bits per heavy atom. The molecule has 2 N–H and O–H groups in total. The molecule has 7 nitrogen and oxygen atoms in total. The van der Waals surface area contributed by atoms with Gasteiger partial charge in [0.2, 0.25) is 11.9 Å². The lowest BCUT2D eigenvalue weighted by atomic mass is 9.85. The second-order valence-corrected chi connectivity index (χ2v) is 7.00. The standard InChI is InChI=1S/C15H16N4O3S/c20-14(11-3-1-4-11)18-12-5-7-13(8-6-12)23(21,22)19-15-16-9-2-10-17-15/h2,5-11H,1,3-4H2,(H,18,20)(H,16,17,19). The zero-order valence-electron chi connectivity index (χ0n) is 12.3. The third kappa shape index (κ3) is 3.65. The first kappa shape index (κ1) is 15.4. The molecule has 1 amide bonds. The zero-order chi connectivity index (χ0) is 16.3. The van der Waals surface area contributed by atoms with Crippen LogP contribution in [0.5, 0.6) is 0 Å². The minimum absolute atomic E-state index is 0.00913. The van der Waals surface area contributed by atoms with Crippen molar-refractivity contribution in [1.29, 1.82) is 0 Å². The third-order valence-electron chi connectivity index (χ3n) is 3.70. The highest BCUT2D eigenvalue weighted by molar-refractivity contribution is 7.92. The fourth-order valence-corrected chi connectivity index (χ4v) is 3.12. The van der Waals surface area contributed by atoms with Gasteiger partial charge in [-0.15, -0.1) is 0 Å². The van der Waals surface area contributed by atoms with E-state index in [2.05, 4.69) is 20.0 Å². The summed E-state index contributed by atoms with van der Waals surface area (Å²) in [6, 6.07) is 7.59. The molecule has 1 aliphatic rings. The number of amides is 1. The van der Waals surface area contributed by atoms with Crippen molar-refractivity contribution in [2.75, 3.05) is 10.0 Å². The molecule has 1 aromatic heterocycles. The number of carbonyl (C=O) groups is 1. The predicted octanol–water partition coefficient (Wildman–Crippen LogP) is 2.02. The fourth-order valence-electron chi connectivity index (χ4n) is 2.16. The molecule has 0 atom stereocenters. The van der Waals surface area contributed by atoms with E-state index < -0.39 is 10.0 Å². The van der Waals surface area contributed by atoms with Gasteiger partial charge in [0.1, 0.15) is 0 Å². The van der Waals surface area contributed by atoms with Crippen molar-refractivity contribution in [1.82, 2.24) is 9.97 Å². The van der Waals surface area contributed by atoms with Gasteiger partial charge in [0.15, 0.2) is 0 Å². The Kier molecular flexibility index (Phi) is 4.24. The fraction of sp³-hybridized carbons (Fsp3) is 0.267. The van der Waals surface area contributed by atoms with E-state index in [9.17, 15) is 13.2 Å². The smallest absolute Gasteiger partial charge is 0.264 e. The highest BCUT2D eigenvalue weighted by Gasteiger charge is 2.25. The molecule has 0 spiro atoms. The van der Waals surface area contributed by atoms with Crippen LogP contribution in [-0.4, -0.2) is 24.3 Å². The van der Waals surface area contributed by atoms with Gasteiger partial charge < -0.3 is 5.32 Å². The van der Waals surface area contributed by atoms with Crippen LogP contribution in [0.3, 0.4) is 0 Å². The number of nitrogens with zero attached hydrogens (tertiary/aromatic N) is 2. The number of anilines is 2. The average Bonchev–Trinajstić information content (AvgIpc) is 2.46. The molecule has 2 aromatic rings. The molecule has 0 radical (unpaired) electrons. The maximum atomic E-state index is 12.2. The quantitative estimate of drug-likeness (QED) is 0.872. The molecule has 0 bridgehead atoms. The molecule has 3 rings (SSSR count). The van der Waals surface area contributed by atoms with Gasteiger partial charge in [-0.05, 0) is 43.2 Å². The van der Waals surface area contributed by atoms with Gasteiger partial charge in [0.05, 0.1) is 4.90 Å². The Morgan fingerprint density at radius 1 is 1.09 bits per heavy atom. The number of carbonyl (C=O) groups excluding carboxylic acids is 1. The first-order valence-electron chi connectivity index (χ1n) is 7.25. The lowest BCUT2D eigenvalue weighted by molar-refractivity contribution is -0.122. The summed E-state index contributed by atoms with van der Waals surface area (Å²) in [4.78, 5) is 19.6. The molecule has 1 saturated carbocycles. The minimum atomic E-state index is -3.76. The topological polar surface area (TPSA) is 101 Å². The van der Waals surface area contributed by atoms with E-state index in [1.807, 2.05) is 0 Å². The van der Waals surface area contributed by atoms with Crippen LogP contribution in [-0.2, 0) is 14.8 Å². The van der Waals surface area contributed by atoms with Crippen LogP contribution in [0.25, 0.3) is 0 Å². The van der Waals surface area contributed by atoms with Crippen molar-refractivity contribution >= 4 is 27.6 Å². The molecule has 8 heteroatoms. The Morgan fingerprint density at radius 2 is 1.74 bits per heavy atom. The molecule has 120 valence electrons. The van der Waals surface area contributed by atoms with E-state index in [1.165, 1.54) is 24.5 Å². The predicted molar refractivity (Wildman–Crippen MR) is 85.3 cm³/mol. The molecule has 0 saturated heterocycles. The van der Waals surface area contributed by atoms with Crippen LogP contribution in [0.15, 0.2) is 47.6 Å². The van der Waals surface area contributed by atoms with Crippen LogP contribution in [0.2, 0.25) is 0 Å². The monoisotopic (exact) mass is 332 g/mol. The van der Waals surface area contributed by atoms with E-state index in [0.717, 1.165) is 19.3 Å². The number of sulfonamides is 1. The summed E-state index contributed by atoms with van der Waals surface area (Å²) in [5.41, 5.74) is 0.580. The van der Waals surface area contributed by atoms with E-state index in [-0.39, 0.29) is 22.7 Å². The van der Waals surface area contributed by atoms with Gasteiger partial charge in [-0.1, -0.05) is 6.42 Å². The van der Waals surface area contributed by atoms with Crippen molar-refractivity contribution in [2.24, 2.45) is 5.92 Å². The van der Waals surface area contributed by atoms with E-state index in [4.69, 9.17) is 0 Å². The summed E-state index contributed by atoms with van der Waals surface area (Å²) in [5, 5.41) is 2.79. The van der Waals surface area contributed by atoms with Gasteiger partial charge in [0, 0.05) is 24.0 Å². The summed E-state index contributed by atoms with van der Waals surface area (Å²) in [5.74, 6) is 0.0767. The highest BCUT2D eigenvalue weighted by Crippen LogP contribution is 2.27. The Labute approximate surface area is 134 Å². The van der Waals surface area contributed by atoms with Crippen LogP contribution in [0.1, 0.15) is 19.3 Å². The van der Waals surface area contributed by atoms with Gasteiger partial charge in [-0.25, -0.2) is 23.1 Å². The first-order valence-corrected chi connectivity index (χ1v) is 8.74. The molecule has 1 fully saturated rings. The van der Waals surface area contributed by atoms with E-state index >= 15 is 0 Å². The molecule has 0 aliphatic heterocycles. The maximum Gasteiger partial charge on any atom is 0.264 e. The minimum Gasteiger partial charge on any atom is -0.326 e. The van der Waals surface area contributed by atoms with Gasteiger partial charge in [0.25, 0.3) is 10.0 Å². The second kappa shape index (κ2) is 6.33. The van der Waals surface area contributed by atoms with E-state index in [0.29, 0.717) is 5.69 Å². The van der Waals surface area contributed by atoms with Crippen molar-refractivity contribution in [3.05, 3.63) is 42.7 Å². The molecule has 1 aliphatic carbocycles. The first-order chi connectivity index (χ1) is 11.0. The lowest BCUT2D eigenvalue weighted by Crippen LogP contribution is -2.28. The maximum absolute atomic E-state index is 12.2. The summed E-state index contributed by atoms with van der Waals surface area (Å²) < 4.78 is 26.7. The van der Waals surface area contributed by atoms with Crippen LogP contribution in [0, 0.1) is 5.92 Å². The van der Waals surface area contributed by atoms with Gasteiger partial charge >= 0.3 is 0 Å². The Bertz CT molecular complexity index is 787. The number of rotatable bonds is 5. The summed E-state index contributed by atoms with van der Waals surface area (Å²) >= 11 is 0. The highest BCUT2D eigenvalue weighted by atomic mass is 32.2. The van der Waals surface area contributed by atoms with Crippen LogP contribution in [0.4, 0.5) is 11.6 Å². The second-order valence-electron chi connectivity index (χ2n) is 5.32. The lowest BCUT2D eigenvalue weighted by Gasteiger charge is -2.24. The number of hydrogen-bond acceptors (Lipinski definition) is 5. The summed E-state index contributed by atoms with van der Waals surface area (Å²) in [6.45, 7) is 0. The third-order valence-corrected chi connectivity index (χ3v) is 5.04. The van der Waals surface area contributed by atoms with Crippen LogP contribution >= 0.6 is 0 Å². The van der Waals surface area contributed by atoms with Crippen LogP contribution < -0.4 is 10.0 Å². The zero-order valence-corrected chi connectivity index (χ0v) is 13.1.